The van der Waals surface area contributed by atoms with E-state index < -0.39 is 0 Å². The molecule has 3 rings (SSSR count). The lowest BCUT2D eigenvalue weighted by Gasteiger charge is -2.32. The van der Waals surface area contributed by atoms with Gasteiger partial charge in [-0.25, -0.2) is 0 Å². The van der Waals surface area contributed by atoms with Crippen molar-refractivity contribution in [3.05, 3.63) is 57.6 Å². The van der Waals surface area contributed by atoms with Gasteiger partial charge in [-0.1, -0.05) is 29.3 Å². The standard InChI is InChI=1S/C21H23Cl2N3O2/c1-13(2)24-21(28)16-5-3-7-19-15(16)6-4-10-26(19)12-20(27)25-18-9-8-14(22)11-17(18)23/h3,5,7-9,11,13H,4,6,10,12H2,1-2H3,(H,24,28)(H,25,27). The molecule has 0 atom stereocenters. The highest BCUT2D eigenvalue weighted by Gasteiger charge is 2.24. The molecule has 0 fully saturated rings. The first-order valence-corrected chi connectivity index (χ1v) is 10.0. The van der Waals surface area contributed by atoms with Crippen LogP contribution in [0.4, 0.5) is 11.4 Å². The number of rotatable bonds is 5. The second-order valence-electron chi connectivity index (χ2n) is 7.13. The Bertz CT molecular complexity index is 899. The van der Waals surface area contributed by atoms with E-state index in [-0.39, 0.29) is 24.4 Å². The summed E-state index contributed by atoms with van der Waals surface area (Å²) in [5, 5.41) is 6.68. The van der Waals surface area contributed by atoms with Crippen molar-refractivity contribution in [3.63, 3.8) is 0 Å². The number of anilines is 2. The van der Waals surface area contributed by atoms with Crippen LogP contribution < -0.4 is 15.5 Å². The van der Waals surface area contributed by atoms with Gasteiger partial charge in [0.15, 0.2) is 0 Å². The maximum atomic E-state index is 12.6. The molecule has 0 saturated heterocycles. The molecule has 0 bridgehead atoms. The van der Waals surface area contributed by atoms with Crippen molar-refractivity contribution < 1.29 is 9.59 Å². The van der Waals surface area contributed by atoms with Gasteiger partial charge in [-0.3, -0.25) is 9.59 Å². The molecule has 28 heavy (non-hydrogen) atoms. The molecule has 1 aliphatic heterocycles. The normalized spacial score (nSPS) is 13.2. The molecule has 0 spiro atoms. The molecule has 2 amide bonds. The molecule has 0 radical (unpaired) electrons. The summed E-state index contributed by atoms with van der Waals surface area (Å²) in [7, 11) is 0. The minimum atomic E-state index is -0.172. The zero-order chi connectivity index (χ0) is 20.3. The van der Waals surface area contributed by atoms with E-state index in [9.17, 15) is 9.59 Å². The van der Waals surface area contributed by atoms with Crippen molar-refractivity contribution in [2.24, 2.45) is 0 Å². The first kappa shape index (κ1) is 20.5. The molecular formula is C21H23Cl2N3O2. The van der Waals surface area contributed by atoms with Crippen molar-refractivity contribution in [1.82, 2.24) is 5.32 Å². The van der Waals surface area contributed by atoms with Crippen molar-refractivity contribution in [3.8, 4) is 0 Å². The van der Waals surface area contributed by atoms with Crippen LogP contribution in [0.15, 0.2) is 36.4 Å². The highest BCUT2D eigenvalue weighted by atomic mass is 35.5. The number of carbonyl (C=O) groups is 2. The van der Waals surface area contributed by atoms with Crippen molar-refractivity contribution in [1.29, 1.82) is 0 Å². The summed E-state index contributed by atoms with van der Waals surface area (Å²) in [6.45, 7) is 4.81. The number of carbonyl (C=O) groups excluding carboxylic acids is 2. The zero-order valence-corrected chi connectivity index (χ0v) is 17.4. The van der Waals surface area contributed by atoms with E-state index >= 15 is 0 Å². The van der Waals surface area contributed by atoms with Crippen LogP contribution in [0.25, 0.3) is 0 Å². The third-order valence-corrected chi connectivity index (χ3v) is 5.10. The molecule has 5 nitrogen and oxygen atoms in total. The van der Waals surface area contributed by atoms with Gasteiger partial charge < -0.3 is 15.5 Å². The SMILES string of the molecule is CC(C)NC(=O)c1cccc2c1CCCN2CC(=O)Nc1ccc(Cl)cc1Cl. The van der Waals surface area contributed by atoms with E-state index in [1.807, 2.05) is 36.9 Å². The number of hydrogen-bond donors (Lipinski definition) is 2. The maximum absolute atomic E-state index is 12.6. The van der Waals surface area contributed by atoms with E-state index in [0.717, 1.165) is 30.6 Å². The number of nitrogens with one attached hydrogen (secondary N) is 2. The Morgan fingerprint density at radius 3 is 2.68 bits per heavy atom. The summed E-state index contributed by atoms with van der Waals surface area (Å²) >= 11 is 12.0. The van der Waals surface area contributed by atoms with E-state index in [4.69, 9.17) is 23.2 Å². The van der Waals surface area contributed by atoms with E-state index in [2.05, 4.69) is 10.6 Å². The highest BCUT2D eigenvalue weighted by Crippen LogP contribution is 2.30. The first-order chi connectivity index (χ1) is 13.3. The predicted molar refractivity (Wildman–Crippen MR) is 115 cm³/mol. The van der Waals surface area contributed by atoms with Crippen LogP contribution in [0, 0.1) is 0 Å². The van der Waals surface area contributed by atoms with Crippen LogP contribution in [0.3, 0.4) is 0 Å². The van der Waals surface area contributed by atoms with Gasteiger partial charge in [0.05, 0.1) is 17.3 Å². The lowest BCUT2D eigenvalue weighted by atomic mass is 9.95. The van der Waals surface area contributed by atoms with Crippen LogP contribution in [0.2, 0.25) is 10.0 Å². The molecule has 0 saturated carbocycles. The average molecular weight is 420 g/mol. The molecule has 2 aromatic carbocycles. The van der Waals surface area contributed by atoms with Gasteiger partial charge in [0.25, 0.3) is 5.91 Å². The third-order valence-electron chi connectivity index (χ3n) is 4.55. The fraction of sp³-hybridized carbons (Fsp3) is 0.333. The largest absolute Gasteiger partial charge is 0.362 e. The van der Waals surface area contributed by atoms with E-state index in [1.54, 1.807) is 18.2 Å². The molecule has 0 unspecified atom stereocenters. The van der Waals surface area contributed by atoms with E-state index in [0.29, 0.717) is 21.3 Å². The van der Waals surface area contributed by atoms with Crippen LogP contribution >= 0.6 is 23.2 Å². The topological polar surface area (TPSA) is 61.4 Å². The molecule has 148 valence electrons. The molecule has 0 aromatic heterocycles. The Kier molecular flexibility index (Phi) is 6.47. The minimum absolute atomic E-state index is 0.0675. The highest BCUT2D eigenvalue weighted by molar-refractivity contribution is 6.36. The van der Waals surface area contributed by atoms with Crippen molar-refractivity contribution in [2.45, 2.75) is 32.7 Å². The number of fused-ring (bicyclic) bond motifs is 1. The molecule has 1 aliphatic rings. The lowest BCUT2D eigenvalue weighted by molar-refractivity contribution is -0.115. The average Bonchev–Trinajstić information content (AvgIpc) is 2.63. The molecular weight excluding hydrogens is 397 g/mol. The molecule has 7 heteroatoms. The zero-order valence-electron chi connectivity index (χ0n) is 15.9. The molecule has 2 aromatic rings. The number of benzene rings is 2. The van der Waals surface area contributed by atoms with Crippen LogP contribution in [0.1, 0.15) is 36.2 Å². The molecule has 0 aliphatic carbocycles. The summed E-state index contributed by atoms with van der Waals surface area (Å²) in [5.74, 6) is -0.250. The van der Waals surface area contributed by atoms with Crippen molar-refractivity contribution >= 4 is 46.4 Å². The number of nitrogens with zero attached hydrogens (tertiary/aromatic N) is 1. The van der Waals surface area contributed by atoms with Gasteiger partial charge in [0, 0.05) is 28.9 Å². The van der Waals surface area contributed by atoms with E-state index in [1.165, 1.54) is 0 Å². The quantitative estimate of drug-likeness (QED) is 0.748. The summed E-state index contributed by atoms with van der Waals surface area (Å²) < 4.78 is 0. The van der Waals surface area contributed by atoms with Gasteiger partial charge in [0.1, 0.15) is 0 Å². The number of amides is 2. The first-order valence-electron chi connectivity index (χ1n) is 9.27. The summed E-state index contributed by atoms with van der Waals surface area (Å²) in [5.41, 5.74) is 3.12. The summed E-state index contributed by atoms with van der Waals surface area (Å²) in [4.78, 5) is 27.1. The van der Waals surface area contributed by atoms with Gasteiger partial charge in [-0.05, 0) is 62.6 Å². The minimum Gasteiger partial charge on any atom is -0.362 e. The molecule has 1 heterocycles. The monoisotopic (exact) mass is 419 g/mol. The Morgan fingerprint density at radius 2 is 1.96 bits per heavy atom. The van der Waals surface area contributed by atoms with Gasteiger partial charge in [-0.2, -0.15) is 0 Å². The summed E-state index contributed by atoms with van der Waals surface area (Å²) in [6, 6.07) is 10.7. The number of halogens is 2. The second-order valence-corrected chi connectivity index (χ2v) is 7.97. The Morgan fingerprint density at radius 1 is 1.18 bits per heavy atom. The lowest BCUT2D eigenvalue weighted by Crippen LogP contribution is -2.38. The third kappa shape index (κ3) is 4.78. The van der Waals surface area contributed by atoms with Crippen LogP contribution in [-0.2, 0) is 11.2 Å². The van der Waals surface area contributed by atoms with Crippen LogP contribution in [-0.4, -0.2) is 30.9 Å². The fourth-order valence-electron chi connectivity index (χ4n) is 3.37. The van der Waals surface area contributed by atoms with Crippen molar-refractivity contribution in [2.75, 3.05) is 23.3 Å². The second kappa shape index (κ2) is 8.84. The molecule has 2 N–H and O–H groups in total. The summed E-state index contributed by atoms with van der Waals surface area (Å²) in [6.07, 6.45) is 1.70. The Labute approximate surface area is 175 Å². The van der Waals surface area contributed by atoms with Crippen LogP contribution in [0.5, 0.6) is 0 Å². The van der Waals surface area contributed by atoms with Gasteiger partial charge >= 0.3 is 0 Å². The maximum Gasteiger partial charge on any atom is 0.251 e. The number of hydrogen-bond acceptors (Lipinski definition) is 3. The Balaban J connectivity index is 1.77. The predicted octanol–water partition coefficient (Wildman–Crippen LogP) is 4.52. The Hall–Kier alpha value is -2.24. The fourth-order valence-corrected chi connectivity index (χ4v) is 3.83. The van der Waals surface area contributed by atoms with Gasteiger partial charge in [-0.15, -0.1) is 0 Å². The van der Waals surface area contributed by atoms with Gasteiger partial charge in [0.2, 0.25) is 5.91 Å². The smallest absolute Gasteiger partial charge is 0.251 e.